The van der Waals surface area contributed by atoms with Gasteiger partial charge < -0.3 is 5.73 Å². The van der Waals surface area contributed by atoms with Crippen LogP contribution >= 0.6 is 0 Å². The van der Waals surface area contributed by atoms with Crippen molar-refractivity contribution in [2.45, 2.75) is 6.54 Å². The van der Waals surface area contributed by atoms with Gasteiger partial charge in [-0.3, -0.25) is 14.3 Å². The van der Waals surface area contributed by atoms with Crippen molar-refractivity contribution >= 4 is 5.91 Å². The lowest BCUT2D eigenvalue weighted by molar-refractivity contribution is -0.125. The van der Waals surface area contributed by atoms with Crippen molar-refractivity contribution in [3.63, 3.8) is 0 Å². The predicted octanol–water partition coefficient (Wildman–Crippen LogP) is -1.07. The molecule has 1 aromatic heterocycles. The molecule has 72 valence electrons. The fourth-order valence-corrected chi connectivity index (χ4v) is 0.805. The molecule has 0 fully saturated rings. The maximum atomic E-state index is 10.3. The van der Waals surface area contributed by atoms with E-state index in [0.29, 0.717) is 6.54 Å². The normalized spacial score (nSPS) is 10.2. The number of carbonyl (C=O) groups excluding carboxylic acids is 1. The highest BCUT2D eigenvalue weighted by Crippen LogP contribution is 1.92. The average Bonchev–Trinajstić information content (AvgIpc) is 2.45. The number of nitrogens with zero attached hydrogens (tertiary/aromatic N) is 2. The topological polar surface area (TPSA) is 82.2 Å². The molecule has 0 atom stereocenters. The van der Waals surface area contributed by atoms with Crippen molar-refractivity contribution in [2.24, 2.45) is 12.8 Å². The highest BCUT2D eigenvalue weighted by Gasteiger charge is 1.97. The first-order valence-corrected chi connectivity index (χ1v) is 3.80. The molecular weight excluding hydrogens is 172 g/mol. The summed E-state index contributed by atoms with van der Waals surface area (Å²) < 4.78 is 1.69. The third-order valence-electron chi connectivity index (χ3n) is 1.34. The summed E-state index contributed by atoms with van der Waals surface area (Å²) in [5, 5.41) is 4.09. The third-order valence-corrected chi connectivity index (χ3v) is 1.34. The van der Waals surface area contributed by atoms with Crippen molar-refractivity contribution in [1.82, 2.24) is 15.3 Å². The van der Waals surface area contributed by atoms with Gasteiger partial charge in [-0.1, -0.05) is 0 Å². The molecule has 3 N–H and O–H groups in total. The zero-order chi connectivity index (χ0) is 9.68. The van der Waals surface area contributed by atoms with Crippen LogP contribution in [0.3, 0.4) is 0 Å². The fraction of sp³-hybridized carbons (Fsp3) is 0.429. The molecule has 0 radical (unpaired) electrons. The first-order chi connectivity index (χ1) is 6.18. The molecule has 0 aliphatic rings. The summed E-state index contributed by atoms with van der Waals surface area (Å²) in [5.41, 5.74) is 8.26. The Kier molecular flexibility index (Phi) is 3.41. The lowest BCUT2D eigenvalue weighted by atomic mass is 10.4. The quantitative estimate of drug-likeness (QED) is 0.451. The maximum absolute atomic E-state index is 10.3. The average molecular weight is 184 g/mol. The number of primary amides is 1. The molecule has 1 rings (SSSR count). The van der Waals surface area contributed by atoms with E-state index in [1.807, 2.05) is 19.3 Å². The number of amides is 1. The largest absolute Gasteiger partial charge is 0.368 e. The second kappa shape index (κ2) is 4.58. The zero-order valence-corrected chi connectivity index (χ0v) is 7.36. The molecule has 6 nitrogen and oxygen atoms in total. The van der Waals surface area contributed by atoms with Gasteiger partial charge in [-0.05, 0) is 6.07 Å². The summed E-state index contributed by atoms with van der Waals surface area (Å²) in [5.74, 6) is -0.506. The number of hydrogen-bond donors (Lipinski definition) is 2. The number of hydrogen-bond acceptors (Lipinski definition) is 4. The zero-order valence-electron chi connectivity index (χ0n) is 7.36. The van der Waals surface area contributed by atoms with Gasteiger partial charge in [0, 0.05) is 13.2 Å². The Morgan fingerprint density at radius 2 is 2.62 bits per heavy atom. The number of hydroxylamine groups is 1. The number of aromatic nitrogens is 2. The van der Waals surface area contributed by atoms with E-state index in [1.54, 1.807) is 4.68 Å². The Labute approximate surface area is 75.6 Å². The SMILES string of the molecule is Cn1ccc(CNOCC(N)=O)n1. The van der Waals surface area contributed by atoms with E-state index in [1.165, 1.54) is 0 Å². The number of rotatable bonds is 5. The minimum absolute atomic E-state index is 0.132. The van der Waals surface area contributed by atoms with Gasteiger partial charge in [0.1, 0.15) is 6.61 Å². The molecule has 0 saturated heterocycles. The lowest BCUT2D eigenvalue weighted by Crippen LogP contribution is -2.24. The summed E-state index contributed by atoms with van der Waals surface area (Å²) in [6.07, 6.45) is 1.82. The minimum atomic E-state index is -0.506. The molecule has 0 aliphatic carbocycles. The van der Waals surface area contributed by atoms with Gasteiger partial charge in [-0.25, -0.2) is 0 Å². The standard InChI is InChI=1S/C7H12N4O2/c1-11-3-2-6(10-11)4-9-13-5-7(8)12/h2-3,9H,4-5H2,1H3,(H2,8,12). The smallest absolute Gasteiger partial charge is 0.245 e. The van der Waals surface area contributed by atoms with Crippen molar-refractivity contribution in [1.29, 1.82) is 0 Å². The molecule has 0 aliphatic heterocycles. The van der Waals surface area contributed by atoms with Crippen LogP contribution in [0.5, 0.6) is 0 Å². The van der Waals surface area contributed by atoms with Crippen LogP contribution in [0.15, 0.2) is 12.3 Å². The second-order valence-corrected chi connectivity index (χ2v) is 2.56. The van der Waals surface area contributed by atoms with Gasteiger partial charge in [0.2, 0.25) is 5.91 Å². The first-order valence-electron chi connectivity index (χ1n) is 3.80. The van der Waals surface area contributed by atoms with E-state index < -0.39 is 5.91 Å². The number of aryl methyl sites for hydroxylation is 1. The van der Waals surface area contributed by atoms with Crippen LogP contribution in [0.25, 0.3) is 0 Å². The van der Waals surface area contributed by atoms with Gasteiger partial charge in [0.25, 0.3) is 0 Å². The summed E-state index contributed by atoms with van der Waals surface area (Å²) >= 11 is 0. The van der Waals surface area contributed by atoms with Crippen LogP contribution in [-0.2, 0) is 23.2 Å². The van der Waals surface area contributed by atoms with Gasteiger partial charge in [0.15, 0.2) is 0 Å². The van der Waals surface area contributed by atoms with Crippen molar-refractivity contribution < 1.29 is 9.63 Å². The summed E-state index contributed by atoms with van der Waals surface area (Å²) in [4.78, 5) is 15.0. The highest BCUT2D eigenvalue weighted by atomic mass is 16.6. The van der Waals surface area contributed by atoms with E-state index in [9.17, 15) is 4.79 Å². The molecule has 0 bridgehead atoms. The van der Waals surface area contributed by atoms with Crippen molar-refractivity contribution in [3.05, 3.63) is 18.0 Å². The van der Waals surface area contributed by atoms with E-state index >= 15 is 0 Å². The molecule has 0 aromatic carbocycles. The van der Waals surface area contributed by atoms with Crippen LogP contribution in [0.4, 0.5) is 0 Å². The molecule has 1 aromatic rings. The Hall–Kier alpha value is -1.40. The van der Waals surface area contributed by atoms with E-state index in [0.717, 1.165) is 5.69 Å². The predicted molar refractivity (Wildman–Crippen MR) is 45.2 cm³/mol. The molecular formula is C7H12N4O2. The minimum Gasteiger partial charge on any atom is -0.368 e. The first kappa shape index (κ1) is 9.69. The number of nitrogens with one attached hydrogen (secondary N) is 1. The van der Waals surface area contributed by atoms with E-state index in [2.05, 4.69) is 10.6 Å². The van der Waals surface area contributed by atoms with Crippen LogP contribution < -0.4 is 11.2 Å². The maximum Gasteiger partial charge on any atom is 0.245 e. The summed E-state index contributed by atoms with van der Waals surface area (Å²) in [6.45, 7) is 0.320. The summed E-state index contributed by atoms with van der Waals surface area (Å²) in [6, 6.07) is 1.85. The number of carbonyl (C=O) groups is 1. The molecule has 1 amide bonds. The second-order valence-electron chi connectivity index (χ2n) is 2.56. The molecule has 0 saturated carbocycles. The van der Waals surface area contributed by atoms with Gasteiger partial charge in [0.05, 0.1) is 12.2 Å². The van der Waals surface area contributed by atoms with E-state index in [-0.39, 0.29) is 6.61 Å². The lowest BCUT2D eigenvalue weighted by Gasteiger charge is -2.00. The van der Waals surface area contributed by atoms with Crippen LogP contribution in [-0.4, -0.2) is 22.3 Å². The monoisotopic (exact) mass is 184 g/mol. The van der Waals surface area contributed by atoms with Gasteiger partial charge >= 0.3 is 0 Å². The van der Waals surface area contributed by atoms with Crippen LogP contribution in [0.1, 0.15) is 5.69 Å². The Morgan fingerprint density at radius 3 is 3.15 bits per heavy atom. The fourth-order valence-electron chi connectivity index (χ4n) is 0.805. The van der Waals surface area contributed by atoms with Crippen molar-refractivity contribution in [2.75, 3.05) is 6.61 Å². The third kappa shape index (κ3) is 3.68. The Balaban J connectivity index is 2.16. The van der Waals surface area contributed by atoms with Crippen LogP contribution in [0, 0.1) is 0 Å². The Bertz CT molecular complexity index is 284. The Morgan fingerprint density at radius 1 is 1.85 bits per heavy atom. The van der Waals surface area contributed by atoms with Crippen LogP contribution in [0.2, 0.25) is 0 Å². The summed E-state index contributed by atoms with van der Waals surface area (Å²) in [7, 11) is 1.83. The molecule has 0 spiro atoms. The van der Waals surface area contributed by atoms with Gasteiger partial charge in [-0.15, -0.1) is 0 Å². The van der Waals surface area contributed by atoms with Gasteiger partial charge in [-0.2, -0.15) is 10.6 Å². The highest BCUT2D eigenvalue weighted by molar-refractivity contribution is 5.74. The van der Waals surface area contributed by atoms with Crippen molar-refractivity contribution in [3.8, 4) is 0 Å². The molecule has 0 unspecified atom stereocenters. The molecule has 13 heavy (non-hydrogen) atoms. The van der Waals surface area contributed by atoms with E-state index in [4.69, 9.17) is 10.6 Å². The molecule has 1 heterocycles. The molecule has 6 heteroatoms. The number of nitrogens with two attached hydrogens (primary N) is 1.